The molecule has 0 saturated carbocycles. The van der Waals surface area contributed by atoms with Crippen molar-refractivity contribution < 1.29 is 105 Å². The molecule has 2 heterocycles. The number of unbranched alkanes of at least 4 members (excludes halogenated alkanes) is 1. The van der Waals surface area contributed by atoms with Crippen LogP contribution in [0.5, 0.6) is 0 Å². The zero-order chi connectivity index (χ0) is 75.2. The van der Waals surface area contributed by atoms with Gasteiger partial charge in [-0.25, -0.2) is 0 Å². The van der Waals surface area contributed by atoms with Crippen LogP contribution < -0.4 is 16.0 Å². The number of aliphatic hydroxyl groups is 15. The van der Waals surface area contributed by atoms with Gasteiger partial charge in [-0.15, -0.1) is 0 Å². The second-order valence-electron chi connectivity index (χ2n) is 26.7. The van der Waals surface area contributed by atoms with Crippen LogP contribution >= 0.6 is 0 Å². The number of hydrogen-bond acceptors (Lipinski definition) is 22. The van der Waals surface area contributed by atoms with E-state index in [1.165, 1.54) is 24.3 Å². The van der Waals surface area contributed by atoms with Gasteiger partial charge < -0.3 is 102 Å². The Labute approximate surface area is 597 Å². The highest BCUT2D eigenvalue weighted by Crippen LogP contribution is 2.25. The highest BCUT2D eigenvalue weighted by atomic mass is 16.7. The number of hydrogen-bond donors (Lipinski definition) is 18. The average Bonchev–Trinajstić information content (AvgIpc) is 1.51. The van der Waals surface area contributed by atoms with E-state index in [0.29, 0.717) is 25.8 Å². The standard InChI is InChI=1S/C43H59NO10.C34H62N2O11/c1-30(24-20-16-12-8-5-6-11-15-19-23-27-37(48)44-38-35(46)28-29-36(38)47)39(49)32(3)34(45)26-22-18-14-10-7-9-13-17-21-25-31(2)53-43-42(52)41(51)40(50)33(4)54-43;1-22(2)33(46)21-31(45)20-30(44)18-26(40)10-4-9-25(39)17-29(43)19-28(42)16-24(38)8-3-7-23(37)15-27(41)11-5-14-36-34(47)32-12-6-13-35-32/h5-11,13-15,17-24,26-27,30-34,39-43,45-46,49-52H,12,16,25,28-29H2,1-4H3,(H,44,48);3-4,8,10,22-32,35,37-45H,5-7,9,11-21H2,1-2H3,(H,36,47)/b8-5+,10-7+,11-6+,13-9+,18-14+,19-15+,21-17+,24-20+,26-22+,27-23+;8-3+,10-4+. The molecule has 0 aromatic rings. The fourth-order valence-electron chi connectivity index (χ4n) is 10.8. The van der Waals surface area contributed by atoms with E-state index in [4.69, 9.17) is 9.47 Å². The predicted molar refractivity (Wildman–Crippen MR) is 388 cm³/mol. The van der Waals surface area contributed by atoms with Crippen LogP contribution in [0.2, 0.25) is 0 Å². The van der Waals surface area contributed by atoms with Crippen LogP contribution in [-0.4, -0.2) is 223 Å². The van der Waals surface area contributed by atoms with E-state index in [1.807, 2.05) is 99.8 Å². The molecular weight excluding hydrogens is 1300 g/mol. The topological polar surface area (TPSA) is 426 Å². The monoisotopic (exact) mass is 1420 g/mol. The number of nitrogens with one attached hydrogen (secondary N) is 3. The Hall–Kier alpha value is -5.98. The van der Waals surface area contributed by atoms with Crippen molar-refractivity contribution in [2.75, 3.05) is 13.1 Å². The van der Waals surface area contributed by atoms with Gasteiger partial charge in [0.1, 0.15) is 35.6 Å². The number of allylic oxidation sites excluding steroid dienone is 18. The second kappa shape index (κ2) is 52.9. The highest BCUT2D eigenvalue weighted by Gasteiger charge is 2.43. The summed E-state index contributed by atoms with van der Waals surface area (Å²) in [5.41, 5.74) is -0.0185. The summed E-state index contributed by atoms with van der Waals surface area (Å²) < 4.78 is 11.1. The summed E-state index contributed by atoms with van der Waals surface area (Å²) >= 11 is 0. The maximum absolute atomic E-state index is 12.0. The molecule has 1 aliphatic carbocycles. The molecule has 0 aromatic heterocycles. The molecule has 2 saturated heterocycles. The summed E-state index contributed by atoms with van der Waals surface area (Å²) in [6, 6.07) is -0.139. The van der Waals surface area contributed by atoms with E-state index < -0.39 is 104 Å². The zero-order valence-corrected chi connectivity index (χ0v) is 59.8. The fourth-order valence-corrected chi connectivity index (χ4v) is 10.8. The van der Waals surface area contributed by atoms with Crippen LogP contribution in [-0.2, 0) is 28.7 Å². The Morgan fingerprint density at radius 3 is 1.69 bits per heavy atom. The van der Waals surface area contributed by atoms with Crippen molar-refractivity contribution in [3.63, 3.8) is 0 Å². The summed E-state index contributed by atoms with van der Waals surface area (Å²) in [6.07, 6.45) is 31.8. The molecule has 2 fully saturated rings. The zero-order valence-electron chi connectivity index (χ0n) is 59.8. The predicted octanol–water partition coefficient (Wildman–Crippen LogP) is 4.93. The average molecular weight is 1420 g/mol. The summed E-state index contributed by atoms with van der Waals surface area (Å²) in [5.74, 6) is -1.66. The molecule has 0 radical (unpaired) electrons. The number of aliphatic hydroxyl groups excluding tert-OH is 15. The number of ether oxygens (including phenoxy) is 2. The van der Waals surface area contributed by atoms with E-state index in [1.54, 1.807) is 63.3 Å². The summed E-state index contributed by atoms with van der Waals surface area (Å²) in [5, 5.41) is 160. The largest absolute Gasteiger partial charge is 0.510 e. The van der Waals surface area contributed by atoms with Gasteiger partial charge in [0.05, 0.1) is 85.4 Å². The first-order chi connectivity index (χ1) is 48.0. The second-order valence-corrected chi connectivity index (χ2v) is 26.7. The van der Waals surface area contributed by atoms with E-state index in [-0.39, 0.29) is 129 Å². The third kappa shape index (κ3) is 41.8. The number of ketones is 2. The van der Waals surface area contributed by atoms with E-state index in [0.717, 1.165) is 32.2 Å². The minimum atomic E-state index is -1.32. The number of Topliss-reactive ketones (excluding diaryl/α,β-unsaturated/α-hetero) is 2. The Bertz CT molecular complexity index is 2760. The van der Waals surface area contributed by atoms with Crippen LogP contribution in [0.1, 0.15) is 157 Å². The Kier molecular flexibility index (Phi) is 47.7. The third-order valence-corrected chi connectivity index (χ3v) is 17.0. The molecule has 18 N–H and O–H groups in total. The molecule has 0 aromatic carbocycles. The van der Waals surface area contributed by atoms with Gasteiger partial charge in [0.25, 0.3) is 0 Å². The van der Waals surface area contributed by atoms with Crippen molar-refractivity contribution in [1.29, 1.82) is 0 Å². The van der Waals surface area contributed by atoms with Crippen LogP contribution in [0.3, 0.4) is 0 Å². The molecule has 3 rings (SSSR count). The summed E-state index contributed by atoms with van der Waals surface area (Å²) in [7, 11) is 0. The molecule has 24 nitrogen and oxygen atoms in total. The van der Waals surface area contributed by atoms with E-state index >= 15 is 0 Å². The summed E-state index contributed by atoms with van der Waals surface area (Å²) in [6.45, 7) is 11.9. The Morgan fingerprint density at radius 1 is 0.584 bits per heavy atom. The van der Waals surface area contributed by atoms with Crippen LogP contribution in [0, 0.1) is 17.8 Å². The lowest BCUT2D eigenvalue weighted by Gasteiger charge is -2.39. The number of carbonyl (C=O) groups is 4. The number of amides is 2. The molecule has 0 spiro atoms. The molecule has 0 bridgehead atoms. The molecule has 3 aliphatic rings. The Balaban J connectivity index is 0.000000694. The number of rotatable bonds is 47. The summed E-state index contributed by atoms with van der Waals surface area (Å²) in [4.78, 5) is 47.1. The Morgan fingerprint density at radius 2 is 1.12 bits per heavy atom. The normalized spacial score (nSPS) is 24.0. The lowest BCUT2D eigenvalue weighted by molar-refractivity contribution is -0.302. The third-order valence-electron chi connectivity index (χ3n) is 17.0. The molecular formula is C77H121N3O21. The quantitative estimate of drug-likeness (QED) is 0.0166. The van der Waals surface area contributed by atoms with Crippen molar-refractivity contribution in [3.05, 3.63) is 157 Å². The molecule has 570 valence electrons. The van der Waals surface area contributed by atoms with Crippen molar-refractivity contribution >= 4 is 23.4 Å². The van der Waals surface area contributed by atoms with Crippen molar-refractivity contribution in [1.82, 2.24) is 16.0 Å². The molecule has 20 unspecified atom stereocenters. The van der Waals surface area contributed by atoms with Crippen LogP contribution in [0.15, 0.2) is 157 Å². The molecule has 101 heavy (non-hydrogen) atoms. The molecule has 20 atom stereocenters. The molecule has 2 amide bonds. The smallest absolute Gasteiger partial charge is 0.248 e. The fraction of sp³-hybridized carbons (Fsp3) is 0.610. The molecule has 24 heteroatoms. The van der Waals surface area contributed by atoms with Gasteiger partial charge in [0.2, 0.25) is 11.8 Å². The van der Waals surface area contributed by atoms with Crippen molar-refractivity contribution in [2.24, 2.45) is 17.8 Å². The van der Waals surface area contributed by atoms with Gasteiger partial charge in [-0.05, 0) is 104 Å². The van der Waals surface area contributed by atoms with Gasteiger partial charge >= 0.3 is 0 Å². The first kappa shape index (κ1) is 91.1. The van der Waals surface area contributed by atoms with Gasteiger partial charge in [0.15, 0.2) is 12.1 Å². The van der Waals surface area contributed by atoms with Crippen molar-refractivity contribution in [2.45, 2.75) is 267 Å². The highest BCUT2D eigenvalue weighted by molar-refractivity contribution is 6.03. The lowest BCUT2D eigenvalue weighted by atomic mass is 9.88. The molecule has 2 aliphatic heterocycles. The first-order valence-corrected chi connectivity index (χ1v) is 35.6. The van der Waals surface area contributed by atoms with Gasteiger partial charge in [0, 0.05) is 62.5 Å². The van der Waals surface area contributed by atoms with E-state index in [9.17, 15) is 95.8 Å². The maximum Gasteiger partial charge on any atom is 0.248 e. The van der Waals surface area contributed by atoms with Gasteiger partial charge in [-0.3, -0.25) is 19.2 Å². The van der Waals surface area contributed by atoms with Gasteiger partial charge in [-0.2, -0.15) is 0 Å². The minimum absolute atomic E-state index is 0.0185. The van der Waals surface area contributed by atoms with Gasteiger partial charge in [-0.1, -0.05) is 167 Å². The number of carbonyl (C=O) groups excluding carboxylic acids is 4. The van der Waals surface area contributed by atoms with E-state index in [2.05, 4.69) is 16.0 Å². The van der Waals surface area contributed by atoms with Crippen LogP contribution in [0.4, 0.5) is 0 Å². The van der Waals surface area contributed by atoms with Crippen LogP contribution in [0.25, 0.3) is 0 Å². The maximum atomic E-state index is 12.0. The first-order valence-electron chi connectivity index (χ1n) is 35.6. The minimum Gasteiger partial charge on any atom is -0.510 e. The van der Waals surface area contributed by atoms with Crippen molar-refractivity contribution in [3.8, 4) is 0 Å². The lowest BCUT2D eigenvalue weighted by Crippen LogP contribution is -2.57. The SMILES string of the molecule is CC(C)C(=O)CC(O)CC(O)CC(O)/C=C/CC(O)CC(O)CC(O)CC(O)/C=C/CC(O)CC(O)CCCNC(=O)C1CCCN1.CC(C/C=C/C=C/C=C/C=C/C=C/C(O)C(C)C(O)C(C)/C=C/CC/C=C/C=C/C=C/C=C/C(=O)NC1=C(O)CCC1=O)OC1OC(C)C(O)C(O)C1O.